The molecule has 0 radical (unpaired) electrons. The second-order valence-corrected chi connectivity index (χ2v) is 8.52. The molecule has 2 atom stereocenters. The zero-order chi connectivity index (χ0) is 19.3. The molecule has 3 aromatic carbocycles. The number of nitrogens with zero attached hydrogens (tertiary/aromatic N) is 2. The lowest BCUT2D eigenvalue weighted by molar-refractivity contribution is -0.112. The third-order valence-electron chi connectivity index (χ3n) is 5.70. The summed E-state index contributed by atoms with van der Waals surface area (Å²) in [6.45, 7) is 4.22. The van der Waals surface area contributed by atoms with Gasteiger partial charge in [-0.05, 0) is 30.7 Å². The van der Waals surface area contributed by atoms with Crippen molar-refractivity contribution in [2.75, 3.05) is 0 Å². The molecule has 0 aliphatic carbocycles. The zero-order valence-electron chi connectivity index (χ0n) is 15.9. The van der Waals surface area contributed by atoms with Crippen molar-refractivity contribution in [1.29, 1.82) is 0 Å². The number of ether oxygens (including phenoxy) is 1. The number of benzene rings is 3. The number of para-hydroxylation sites is 1. The standard InChI is InChI=1S/C24H21BrN2O/c1-16-7-9-17(10-8-16)21-15-22-20-5-3-4-6-23(20)28-24(2,27(22)26-21)18-11-13-19(25)14-12-18/h3-14,22H,15H2,1-2H3/t22-,24-/m0/s1. The summed E-state index contributed by atoms with van der Waals surface area (Å²) in [6.07, 6.45) is 0.871. The van der Waals surface area contributed by atoms with Gasteiger partial charge in [-0.3, -0.25) is 0 Å². The maximum atomic E-state index is 6.57. The molecule has 0 saturated carbocycles. The third kappa shape index (κ3) is 2.75. The number of hydrogen-bond acceptors (Lipinski definition) is 3. The summed E-state index contributed by atoms with van der Waals surface area (Å²) in [5.74, 6) is 0.939. The molecule has 0 aromatic heterocycles. The van der Waals surface area contributed by atoms with Crippen LogP contribution in [0.4, 0.5) is 0 Å². The SMILES string of the molecule is Cc1ccc(C2=NN3[C@@H](C2)c2ccccc2O[C@@]3(C)c2ccc(Br)cc2)cc1. The monoisotopic (exact) mass is 432 g/mol. The average molecular weight is 433 g/mol. The molecule has 3 nitrogen and oxygen atoms in total. The lowest BCUT2D eigenvalue weighted by atomic mass is 9.92. The van der Waals surface area contributed by atoms with Crippen molar-refractivity contribution in [3.8, 4) is 5.75 Å². The molecule has 0 unspecified atom stereocenters. The second-order valence-electron chi connectivity index (χ2n) is 7.61. The summed E-state index contributed by atoms with van der Waals surface area (Å²) >= 11 is 3.53. The largest absolute Gasteiger partial charge is 0.462 e. The fourth-order valence-corrected chi connectivity index (χ4v) is 4.39. The fraction of sp³-hybridized carbons (Fsp3) is 0.208. The first-order chi connectivity index (χ1) is 13.5. The Labute approximate surface area is 173 Å². The fourth-order valence-electron chi connectivity index (χ4n) is 4.13. The van der Waals surface area contributed by atoms with Crippen molar-refractivity contribution in [2.24, 2.45) is 5.10 Å². The minimum atomic E-state index is -0.661. The molecule has 3 aromatic rings. The van der Waals surface area contributed by atoms with Crippen LogP contribution in [0.5, 0.6) is 5.75 Å². The Morgan fingerprint density at radius 2 is 1.71 bits per heavy atom. The van der Waals surface area contributed by atoms with Crippen LogP contribution in [0.1, 0.15) is 41.6 Å². The summed E-state index contributed by atoms with van der Waals surface area (Å²) in [6, 6.07) is 25.4. The highest BCUT2D eigenvalue weighted by Gasteiger charge is 2.48. The van der Waals surface area contributed by atoms with Crippen LogP contribution in [0.3, 0.4) is 0 Å². The van der Waals surface area contributed by atoms with Crippen LogP contribution < -0.4 is 4.74 Å². The smallest absolute Gasteiger partial charge is 0.221 e. The normalized spacial score (nSPS) is 22.9. The van der Waals surface area contributed by atoms with Gasteiger partial charge in [0.2, 0.25) is 5.72 Å². The second kappa shape index (κ2) is 6.49. The molecule has 2 aliphatic heterocycles. The van der Waals surface area contributed by atoms with E-state index in [1.54, 1.807) is 0 Å². The molecule has 28 heavy (non-hydrogen) atoms. The van der Waals surface area contributed by atoms with Gasteiger partial charge in [0.15, 0.2) is 0 Å². The highest BCUT2D eigenvalue weighted by atomic mass is 79.9. The van der Waals surface area contributed by atoms with Gasteiger partial charge in [-0.15, -0.1) is 0 Å². The lowest BCUT2D eigenvalue weighted by Gasteiger charge is -2.46. The summed E-state index contributed by atoms with van der Waals surface area (Å²) in [7, 11) is 0. The molecule has 0 bridgehead atoms. The molecule has 0 N–H and O–H groups in total. The molecule has 0 spiro atoms. The molecule has 0 saturated heterocycles. The predicted molar refractivity (Wildman–Crippen MR) is 115 cm³/mol. The van der Waals surface area contributed by atoms with E-state index in [0.717, 1.165) is 27.9 Å². The Bertz CT molecular complexity index is 1060. The van der Waals surface area contributed by atoms with Crippen molar-refractivity contribution < 1.29 is 4.74 Å². The summed E-state index contributed by atoms with van der Waals surface area (Å²) in [5, 5.41) is 7.22. The van der Waals surface area contributed by atoms with Gasteiger partial charge in [0.25, 0.3) is 0 Å². The highest BCUT2D eigenvalue weighted by molar-refractivity contribution is 9.10. The van der Waals surface area contributed by atoms with E-state index in [2.05, 4.69) is 102 Å². The first kappa shape index (κ1) is 17.5. The van der Waals surface area contributed by atoms with Crippen molar-refractivity contribution in [2.45, 2.75) is 32.0 Å². The summed E-state index contributed by atoms with van der Waals surface area (Å²) in [4.78, 5) is 0. The molecule has 140 valence electrons. The molecular formula is C24H21BrN2O. The van der Waals surface area contributed by atoms with Gasteiger partial charge in [-0.25, -0.2) is 5.01 Å². The van der Waals surface area contributed by atoms with Crippen LogP contribution in [0.2, 0.25) is 0 Å². The van der Waals surface area contributed by atoms with Crippen LogP contribution in [0.25, 0.3) is 0 Å². The Balaban J connectivity index is 1.64. The van der Waals surface area contributed by atoms with E-state index in [1.165, 1.54) is 16.7 Å². The average Bonchev–Trinajstić information content (AvgIpc) is 3.16. The first-order valence-electron chi connectivity index (χ1n) is 9.52. The number of halogens is 1. The van der Waals surface area contributed by atoms with Gasteiger partial charge in [0.05, 0.1) is 11.8 Å². The quantitative estimate of drug-likeness (QED) is 0.483. The van der Waals surface area contributed by atoms with Crippen molar-refractivity contribution in [1.82, 2.24) is 5.01 Å². The number of fused-ring (bicyclic) bond motifs is 3. The number of hydrazone groups is 1. The van der Waals surface area contributed by atoms with Crippen LogP contribution in [-0.4, -0.2) is 10.7 Å². The van der Waals surface area contributed by atoms with E-state index in [-0.39, 0.29) is 6.04 Å². The number of hydrogen-bond donors (Lipinski definition) is 0. The van der Waals surface area contributed by atoms with E-state index in [9.17, 15) is 0 Å². The number of aryl methyl sites for hydroxylation is 1. The molecular weight excluding hydrogens is 412 g/mol. The number of rotatable bonds is 2. The molecule has 4 heteroatoms. The minimum Gasteiger partial charge on any atom is -0.462 e. The van der Waals surface area contributed by atoms with Crippen LogP contribution in [-0.2, 0) is 5.72 Å². The van der Waals surface area contributed by atoms with Gasteiger partial charge in [0, 0.05) is 28.9 Å². The van der Waals surface area contributed by atoms with Crippen molar-refractivity contribution in [3.63, 3.8) is 0 Å². The maximum absolute atomic E-state index is 6.57. The van der Waals surface area contributed by atoms with E-state index in [1.807, 2.05) is 6.07 Å². The molecule has 5 rings (SSSR count). The minimum absolute atomic E-state index is 0.162. The van der Waals surface area contributed by atoms with E-state index in [0.29, 0.717) is 0 Å². The van der Waals surface area contributed by atoms with Gasteiger partial charge in [0.1, 0.15) is 5.75 Å². The predicted octanol–water partition coefficient (Wildman–Crippen LogP) is 6.17. The van der Waals surface area contributed by atoms with Gasteiger partial charge >= 0.3 is 0 Å². The molecule has 2 aliphatic rings. The highest BCUT2D eigenvalue weighted by Crippen LogP contribution is 2.50. The van der Waals surface area contributed by atoms with E-state index < -0.39 is 5.72 Å². The zero-order valence-corrected chi connectivity index (χ0v) is 17.5. The third-order valence-corrected chi connectivity index (χ3v) is 6.23. The van der Waals surface area contributed by atoms with Crippen molar-refractivity contribution in [3.05, 3.63) is 99.5 Å². The van der Waals surface area contributed by atoms with Gasteiger partial charge in [-0.2, -0.15) is 5.10 Å². The molecule has 2 heterocycles. The van der Waals surface area contributed by atoms with Crippen LogP contribution in [0, 0.1) is 6.92 Å². The molecule has 0 fully saturated rings. The van der Waals surface area contributed by atoms with Crippen molar-refractivity contribution >= 4 is 21.6 Å². The van der Waals surface area contributed by atoms with E-state index in [4.69, 9.17) is 9.84 Å². The van der Waals surface area contributed by atoms with E-state index >= 15 is 0 Å². The Kier molecular flexibility index (Phi) is 4.06. The first-order valence-corrected chi connectivity index (χ1v) is 10.3. The Hall–Kier alpha value is -2.59. The van der Waals surface area contributed by atoms with Crippen LogP contribution >= 0.6 is 15.9 Å². The Morgan fingerprint density at radius 3 is 2.46 bits per heavy atom. The van der Waals surface area contributed by atoms with Crippen LogP contribution in [0.15, 0.2) is 82.4 Å². The topological polar surface area (TPSA) is 24.8 Å². The maximum Gasteiger partial charge on any atom is 0.221 e. The summed E-state index contributed by atoms with van der Waals surface area (Å²) < 4.78 is 7.62. The van der Waals surface area contributed by atoms with Gasteiger partial charge < -0.3 is 4.74 Å². The Morgan fingerprint density at radius 1 is 1.00 bits per heavy atom. The lowest BCUT2D eigenvalue weighted by Crippen LogP contribution is -2.48. The molecule has 0 amide bonds. The summed E-state index contributed by atoms with van der Waals surface area (Å²) in [5.41, 5.74) is 5.16. The van der Waals surface area contributed by atoms with Gasteiger partial charge in [-0.1, -0.05) is 76.1 Å².